The quantitative estimate of drug-likeness (QED) is 0.344. The Hall–Kier alpha value is -2.77. The molecule has 1 amide bonds. The van der Waals surface area contributed by atoms with Crippen LogP contribution in [0, 0.1) is 6.92 Å². The van der Waals surface area contributed by atoms with Crippen LogP contribution >= 0.6 is 24.2 Å². The molecule has 1 heterocycles. The number of ether oxygens (including phenoxy) is 2. The van der Waals surface area contributed by atoms with Crippen molar-refractivity contribution in [2.45, 2.75) is 11.8 Å². The van der Waals surface area contributed by atoms with Crippen molar-refractivity contribution in [3.05, 3.63) is 59.8 Å². The molecular weight excluding hydrogens is 410 g/mol. The maximum atomic E-state index is 12.1. The second kappa shape index (κ2) is 10.7. The van der Waals surface area contributed by atoms with Crippen LogP contribution in [0.1, 0.15) is 11.3 Å². The lowest BCUT2D eigenvalue weighted by atomic mass is 10.2. The number of thioether (sulfide) groups is 1. The Kier molecular flexibility index (Phi) is 8.30. The molecule has 0 spiro atoms. The molecule has 3 rings (SSSR count). The minimum atomic E-state index is -0.180. The lowest BCUT2D eigenvalue weighted by Crippen LogP contribution is -2.19. The zero-order valence-electron chi connectivity index (χ0n) is 16.3. The summed E-state index contributed by atoms with van der Waals surface area (Å²) in [5.74, 6) is 1.32. The maximum absolute atomic E-state index is 12.1. The van der Waals surface area contributed by atoms with Gasteiger partial charge in [0.1, 0.15) is 0 Å². The van der Waals surface area contributed by atoms with E-state index in [2.05, 4.69) is 15.5 Å². The van der Waals surface area contributed by atoms with E-state index in [1.165, 1.54) is 11.8 Å². The van der Waals surface area contributed by atoms with Gasteiger partial charge in [0, 0.05) is 16.0 Å². The second-order valence-electron chi connectivity index (χ2n) is 5.98. The summed E-state index contributed by atoms with van der Waals surface area (Å²) in [7, 11) is 3.15. The number of hydrogen-bond donors (Lipinski definition) is 1. The molecule has 1 N–H and O–H groups in total. The number of aromatic nitrogens is 1. The first kappa shape index (κ1) is 22.5. The van der Waals surface area contributed by atoms with Crippen LogP contribution < -0.4 is 14.9 Å². The van der Waals surface area contributed by atoms with E-state index in [1.54, 1.807) is 32.6 Å². The number of carbonyl (C=O) groups is 1. The summed E-state index contributed by atoms with van der Waals surface area (Å²) in [6, 6.07) is 15.3. The van der Waals surface area contributed by atoms with Crippen LogP contribution in [0.2, 0.25) is 0 Å². The highest BCUT2D eigenvalue weighted by molar-refractivity contribution is 8.00. The highest BCUT2D eigenvalue weighted by atomic mass is 35.5. The predicted octanol–water partition coefficient (Wildman–Crippen LogP) is 4.22. The molecule has 152 valence electrons. The third-order valence-electron chi connectivity index (χ3n) is 3.98. The van der Waals surface area contributed by atoms with E-state index in [1.807, 2.05) is 43.3 Å². The second-order valence-corrected chi connectivity index (χ2v) is 6.99. The van der Waals surface area contributed by atoms with Gasteiger partial charge in [-0.2, -0.15) is 5.10 Å². The molecule has 0 unspecified atom stereocenters. The van der Waals surface area contributed by atoms with Crippen molar-refractivity contribution >= 4 is 47.2 Å². The Balaban J connectivity index is 0.00000300. The number of hydrazone groups is 1. The fraction of sp³-hybridized carbons (Fsp3) is 0.190. The van der Waals surface area contributed by atoms with Crippen molar-refractivity contribution in [1.82, 2.24) is 10.4 Å². The minimum Gasteiger partial charge on any atom is -0.493 e. The zero-order chi connectivity index (χ0) is 19.9. The fourth-order valence-corrected chi connectivity index (χ4v) is 3.61. The molecule has 0 aliphatic carbocycles. The summed E-state index contributed by atoms with van der Waals surface area (Å²) in [5, 5.41) is 5.06. The number of nitrogens with one attached hydrogen (secondary N) is 1. The van der Waals surface area contributed by atoms with Gasteiger partial charge in [0.05, 0.1) is 31.7 Å². The number of amides is 1. The van der Waals surface area contributed by atoms with Gasteiger partial charge in [-0.3, -0.25) is 9.78 Å². The van der Waals surface area contributed by atoms with Crippen LogP contribution in [0.15, 0.2) is 58.5 Å². The van der Waals surface area contributed by atoms with Crippen molar-refractivity contribution < 1.29 is 14.3 Å². The zero-order valence-corrected chi connectivity index (χ0v) is 18.0. The summed E-state index contributed by atoms with van der Waals surface area (Å²) >= 11 is 1.47. The molecule has 0 radical (unpaired) electrons. The number of rotatable bonds is 7. The molecule has 0 aliphatic heterocycles. The Bertz CT molecular complexity index is 1030. The van der Waals surface area contributed by atoms with E-state index in [0.29, 0.717) is 11.5 Å². The molecule has 0 fully saturated rings. The largest absolute Gasteiger partial charge is 0.493 e. The van der Waals surface area contributed by atoms with Gasteiger partial charge in [0.25, 0.3) is 0 Å². The highest BCUT2D eigenvalue weighted by Gasteiger charge is 2.07. The number of pyridine rings is 1. The predicted molar refractivity (Wildman–Crippen MR) is 120 cm³/mol. The normalized spacial score (nSPS) is 10.6. The topological polar surface area (TPSA) is 72.8 Å². The number of fused-ring (bicyclic) bond motifs is 1. The average Bonchev–Trinajstić information content (AvgIpc) is 2.71. The van der Waals surface area contributed by atoms with E-state index in [9.17, 15) is 4.79 Å². The number of benzene rings is 2. The van der Waals surface area contributed by atoms with E-state index >= 15 is 0 Å². The van der Waals surface area contributed by atoms with Crippen molar-refractivity contribution in [1.29, 1.82) is 0 Å². The smallest absolute Gasteiger partial charge is 0.250 e. The van der Waals surface area contributed by atoms with E-state index in [-0.39, 0.29) is 24.1 Å². The lowest BCUT2D eigenvalue weighted by Gasteiger charge is -2.08. The molecule has 0 atom stereocenters. The first-order valence-electron chi connectivity index (χ1n) is 8.64. The van der Waals surface area contributed by atoms with E-state index in [0.717, 1.165) is 27.1 Å². The van der Waals surface area contributed by atoms with Crippen LogP contribution in [0.5, 0.6) is 11.5 Å². The Morgan fingerprint density at radius 1 is 1.14 bits per heavy atom. The lowest BCUT2D eigenvalue weighted by molar-refractivity contribution is -0.118. The van der Waals surface area contributed by atoms with E-state index in [4.69, 9.17) is 9.47 Å². The Morgan fingerprint density at radius 3 is 2.66 bits per heavy atom. The van der Waals surface area contributed by atoms with Crippen LogP contribution in [-0.4, -0.2) is 37.1 Å². The number of aryl methyl sites for hydroxylation is 1. The molecule has 0 aliphatic rings. The average molecular weight is 432 g/mol. The van der Waals surface area contributed by atoms with Crippen molar-refractivity contribution in [3.63, 3.8) is 0 Å². The molecule has 8 heteroatoms. The molecule has 6 nitrogen and oxygen atoms in total. The van der Waals surface area contributed by atoms with E-state index < -0.39 is 0 Å². The van der Waals surface area contributed by atoms with Gasteiger partial charge in [-0.25, -0.2) is 5.43 Å². The Morgan fingerprint density at radius 2 is 1.90 bits per heavy atom. The van der Waals surface area contributed by atoms with Crippen LogP contribution in [0.25, 0.3) is 10.9 Å². The first-order valence-corrected chi connectivity index (χ1v) is 9.62. The molecule has 3 aromatic rings. The van der Waals surface area contributed by atoms with Gasteiger partial charge in [0.2, 0.25) is 5.91 Å². The third-order valence-corrected chi connectivity index (χ3v) is 5.03. The van der Waals surface area contributed by atoms with Crippen LogP contribution in [0.4, 0.5) is 0 Å². The van der Waals surface area contributed by atoms with Gasteiger partial charge >= 0.3 is 0 Å². The van der Waals surface area contributed by atoms with Gasteiger partial charge in [-0.1, -0.05) is 18.2 Å². The summed E-state index contributed by atoms with van der Waals surface area (Å²) in [4.78, 5) is 17.7. The van der Waals surface area contributed by atoms with Crippen molar-refractivity contribution in [2.24, 2.45) is 5.10 Å². The van der Waals surface area contributed by atoms with Gasteiger partial charge in [-0.05, 0) is 42.8 Å². The number of hydrogen-bond acceptors (Lipinski definition) is 6. The molecule has 0 bridgehead atoms. The summed E-state index contributed by atoms with van der Waals surface area (Å²) in [6.07, 6.45) is 1.57. The fourth-order valence-electron chi connectivity index (χ4n) is 2.68. The van der Waals surface area contributed by atoms with Crippen LogP contribution in [0.3, 0.4) is 0 Å². The molecule has 1 aromatic heterocycles. The molecule has 0 saturated carbocycles. The summed E-state index contributed by atoms with van der Waals surface area (Å²) < 4.78 is 10.5. The number of methoxy groups -OCH3 is 2. The standard InChI is InChI=1S/C21H21N3O3S.ClH/c1-14-10-20(16-6-4-5-7-17(16)23-14)28-13-21(25)24-22-12-15-8-9-18(26-2)19(11-15)27-3;/h4-12H,13H2,1-3H3,(H,24,25);1H/b22-12+;. The summed E-state index contributed by atoms with van der Waals surface area (Å²) in [5.41, 5.74) is 5.20. The number of nitrogens with zero attached hydrogens (tertiary/aromatic N) is 2. The van der Waals surface area contributed by atoms with Crippen LogP contribution in [-0.2, 0) is 4.79 Å². The summed E-state index contributed by atoms with van der Waals surface area (Å²) in [6.45, 7) is 1.95. The minimum absolute atomic E-state index is 0. The third kappa shape index (κ3) is 5.85. The van der Waals surface area contributed by atoms with Gasteiger partial charge < -0.3 is 9.47 Å². The first-order chi connectivity index (χ1) is 13.6. The van der Waals surface area contributed by atoms with Crippen molar-refractivity contribution in [2.75, 3.05) is 20.0 Å². The highest BCUT2D eigenvalue weighted by Crippen LogP contribution is 2.28. The maximum Gasteiger partial charge on any atom is 0.250 e. The molecular formula is C21H22ClN3O3S. The SMILES string of the molecule is COc1ccc(/C=N/NC(=O)CSc2cc(C)nc3ccccc23)cc1OC.Cl. The number of halogens is 1. The molecule has 0 saturated heterocycles. The Labute approximate surface area is 180 Å². The van der Waals surface area contributed by atoms with Crippen molar-refractivity contribution in [3.8, 4) is 11.5 Å². The number of carbonyl (C=O) groups excluding carboxylic acids is 1. The number of para-hydroxylation sites is 1. The molecule has 29 heavy (non-hydrogen) atoms. The van der Waals surface area contributed by atoms with Gasteiger partial charge in [0.15, 0.2) is 11.5 Å². The molecule has 2 aromatic carbocycles. The monoisotopic (exact) mass is 431 g/mol. The van der Waals surface area contributed by atoms with Gasteiger partial charge in [-0.15, -0.1) is 24.2 Å².